The standard InChI is InChI=1S/C11H11N3O3S/c1-6-13-14-11(17-6)18-9-4-3-7(5-8(9)12)10(15)16-2/h3-5H,12H2,1-2H3. The number of aromatic nitrogens is 2. The Labute approximate surface area is 108 Å². The summed E-state index contributed by atoms with van der Waals surface area (Å²) in [5.41, 5.74) is 6.71. The second-order valence-electron chi connectivity index (χ2n) is 3.43. The topological polar surface area (TPSA) is 91.2 Å². The number of rotatable bonds is 3. The van der Waals surface area contributed by atoms with Gasteiger partial charge in [0.25, 0.3) is 5.22 Å². The maximum absolute atomic E-state index is 11.3. The summed E-state index contributed by atoms with van der Waals surface area (Å²) >= 11 is 1.25. The molecule has 2 aromatic rings. The van der Waals surface area contributed by atoms with Crippen molar-refractivity contribution in [3.63, 3.8) is 0 Å². The number of anilines is 1. The molecule has 0 aliphatic carbocycles. The maximum Gasteiger partial charge on any atom is 0.337 e. The molecule has 1 aromatic heterocycles. The normalized spacial score (nSPS) is 10.3. The van der Waals surface area contributed by atoms with Gasteiger partial charge in [0, 0.05) is 17.5 Å². The van der Waals surface area contributed by atoms with E-state index in [1.165, 1.54) is 18.9 Å². The molecule has 0 saturated carbocycles. The first-order chi connectivity index (χ1) is 8.60. The van der Waals surface area contributed by atoms with Gasteiger partial charge in [0.1, 0.15) is 0 Å². The molecule has 7 heteroatoms. The molecule has 1 aromatic carbocycles. The second-order valence-corrected chi connectivity index (χ2v) is 4.43. The van der Waals surface area contributed by atoms with E-state index in [4.69, 9.17) is 10.2 Å². The zero-order valence-electron chi connectivity index (χ0n) is 9.84. The molecule has 18 heavy (non-hydrogen) atoms. The van der Waals surface area contributed by atoms with E-state index in [1.807, 2.05) is 0 Å². The Bertz CT molecular complexity index is 583. The molecule has 0 spiro atoms. The van der Waals surface area contributed by atoms with E-state index >= 15 is 0 Å². The van der Waals surface area contributed by atoms with Crippen LogP contribution >= 0.6 is 11.8 Å². The van der Waals surface area contributed by atoms with Crippen LogP contribution in [0, 0.1) is 6.92 Å². The van der Waals surface area contributed by atoms with E-state index in [0.29, 0.717) is 22.4 Å². The van der Waals surface area contributed by atoms with Gasteiger partial charge in [0.15, 0.2) is 0 Å². The molecule has 0 radical (unpaired) electrons. The molecule has 2 N–H and O–H groups in total. The molecule has 0 aliphatic rings. The van der Waals surface area contributed by atoms with Crippen LogP contribution in [0.4, 0.5) is 5.69 Å². The highest BCUT2D eigenvalue weighted by molar-refractivity contribution is 7.99. The summed E-state index contributed by atoms with van der Waals surface area (Å²) in [5, 5.41) is 7.98. The van der Waals surface area contributed by atoms with Gasteiger partial charge >= 0.3 is 5.97 Å². The predicted molar refractivity (Wildman–Crippen MR) is 65.4 cm³/mol. The van der Waals surface area contributed by atoms with E-state index < -0.39 is 5.97 Å². The van der Waals surface area contributed by atoms with Crippen molar-refractivity contribution in [3.8, 4) is 0 Å². The third-order valence-corrected chi connectivity index (χ3v) is 3.07. The van der Waals surface area contributed by atoms with Crippen molar-refractivity contribution in [2.75, 3.05) is 12.8 Å². The fourth-order valence-corrected chi connectivity index (χ4v) is 2.04. The molecule has 0 atom stereocenters. The number of esters is 1. The number of carbonyl (C=O) groups is 1. The van der Waals surface area contributed by atoms with Crippen LogP contribution in [0.3, 0.4) is 0 Å². The van der Waals surface area contributed by atoms with Gasteiger partial charge in [-0.15, -0.1) is 10.2 Å². The van der Waals surface area contributed by atoms with Crippen molar-refractivity contribution in [1.82, 2.24) is 10.2 Å². The fourth-order valence-electron chi connectivity index (χ4n) is 1.30. The molecule has 0 saturated heterocycles. The number of hydrogen-bond donors (Lipinski definition) is 1. The third-order valence-electron chi connectivity index (χ3n) is 2.14. The molecule has 6 nitrogen and oxygen atoms in total. The van der Waals surface area contributed by atoms with Crippen LogP contribution in [0.5, 0.6) is 0 Å². The van der Waals surface area contributed by atoms with Gasteiger partial charge < -0.3 is 14.9 Å². The average molecular weight is 265 g/mol. The first kappa shape index (κ1) is 12.4. The highest BCUT2D eigenvalue weighted by Gasteiger charge is 2.11. The highest BCUT2D eigenvalue weighted by atomic mass is 32.2. The van der Waals surface area contributed by atoms with Crippen molar-refractivity contribution in [3.05, 3.63) is 29.7 Å². The van der Waals surface area contributed by atoms with Crippen molar-refractivity contribution < 1.29 is 13.9 Å². The number of nitrogens with two attached hydrogens (primary N) is 1. The lowest BCUT2D eigenvalue weighted by atomic mass is 10.2. The summed E-state index contributed by atoms with van der Waals surface area (Å²) in [6, 6.07) is 4.90. The van der Waals surface area contributed by atoms with Crippen molar-refractivity contribution >= 4 is 23.4 Å². The van der Waals surface area contributed by atoms with Crippen molar-refractivity contribution in [2.24, 2.45) is 0 Å². The highest BCUT2D eigenvalue weighted by Crippen LogP contribution is 2.31. The molecule has 0 aliphatic heterocycles. The molecule has 0 amide bonds. The number of hydrogen-bond acceptors (Lipinski definition) is 7. The van der Waals surface area contributed by atoms with E-state index in [9.17, 15) is 4.79 Å². The van der Waals surface area contributed by atoms with Crippen LogP contribution in [0.2, 0.25) is 0 Å². The van der Waals surface area contributed by atoms with E-state index in [-0.39, 0.29) is 0 Å². The number of benzene rings is 1. The summed E-state index contributed by atoms with van der Waals surface area (Å²) in [6.45, 7) is 1.71. The quantitative estimate of drug-likeness (QED) is 0.669. The number of nitrogen functional groups attached to an aromatic ring is 1. The van der Waals surface area contributed by atoms with Gasteiger partial charge in [-0.2, -0.15) is 0 Å². The van der Waals surface area contributed by atoms with E-state index in [0.717, 1.165) is 4.90 Å². The van der Waals surface area contributed by atoms with Crippen LogP contribution in [0.15, 0.2) is 32.7 Å². The maximum atomic E-state index is 11.3. The molecule has 0 unspecified atom stereocenters. The van der Waals surface area contributed by atoms with Gasteiger partial charge in [0.05, 0.1) is 12.7 Å². The summed E-state index contributed by atoms with van der Waals surface area (Å²) < 4.78 is 9.85. The van der Waals surface area contributed by atoms with Crippen LogP contribution in [0.1, 0.15) is 16.2 Å². The predicted octanol–water partition coefficient (Wildman–Crippen LogP) is 1.90. The average Bonchev–Trinajstić information content (AvgIpc) is 2.76. The first-order valence-corrected chi connectivity index (χ1v) is 5.87. The van der Waals surface area contributed by atoms with Crippen LogP contribution < -0.4 is 5.73 Å². The lowest BCUT2D eigenvalue weighted by Gasteiger charge is -2.04. The Hall–Kier alpha value is -2.02. The minimum absolute atomic E-state index is 0.404. The van der Waals surface area contributed by atoms with Crippen LogP contribution in [-0.4, -0.2) is 23.3 Å². The first-order valence-electron chi connectivity index (χ1n) is 5.06. The molecule has 94 valence electrons. The Morgan fingerprint density at radius 2 is 2.22 bits per heavy atom. The minimum atomic E-state index is -0.424. The number of ether oxygens (including phenoxy) is 1. The van der Waals surface area contributed by atoms with E-state index in [2.05, 4.69) is 14.9 Å². The molecular formula is C11H11N3O3S. The molecule has 1 heterocycles. The Morgan fingerprint density at radius 1 is 1.44 bits per heavy atom. The van der Waals surface area contributed by atoms with Gasteiger partial charge in [0.2, 0.25) is 5.89 Å². The zero-order chi connectivity index (χ0) is 13.1. The fraction of sp³-hybridized carbons (Fsp3) is 0.182. The lowest BCUT2D eigenvalue weighted by Crippen LogP contribution is -2.02. The Morgan fingerprint density at radius 3 is 2.78 bits per heavy atom. The summed E-state index contributed by atoms with van der Waals surface area (Å²) in [5.74, 6) is 0.0640. The Balaban J connectivity index is 2.22. The number of nitrogens with zero attached hydrogens (tertiary/aromatic N) is 2. The minimum Gasteiger partial charge on any atom is -0.465 e. The van der Waals surface area contributed by atoms with Gasteiger partial charge in [-0.3, -0.25) is 0 Å². The molecule has 2 rings (SSSR count). The monoisotopic (exact) mass is 265 g/mol. The van der Waals surface area contributed by atoms with Crippen LogP contribution in [0.25, 0.3) is 0 Å². The summed E-state index contributed by atoms with van der Waals surface area (Å²) in [7, 11) is 1.32. The molecular weight excluding hydrogens is 254 g/mol. The second kappa shape index (κ2) is 5.09. The summed E-state index contributed by atoms with van der Waals surface area (Å²) in [4.78, 5) is 12.1. The number of aryl methyl sites for hydroxylation is 1. The van der Waals surface area contributed by atoms with Gasteiger partial charge in [-0.1, -0.05) is 0 Å². The van der Waals surface area contributed by atoms with Gasteiger partial charge in [-0.25, -0.2) is 4.79 Å². The van der Waals surface area contributed by atoms with Gasteiger partial charge in [-0.05, 0) is 30.0 Å². The smallest absolute Gasteiger partial charge is 0.337 e. The SMILES string of the molecule is COC(=O)c1ccc(Sc2nnc(C)o2)c(N)c1. The number of methoxy groups -OCH3 is 1. The van der Waals surface area contributed by atoms with E-state index in [1.54, 1.807) is 25.1 Å². The molecule has 0 bridgehead atoms. The third kappa shape index (κ3) is 2.62. The largest absolute Gasteiger partial charge is 0.465 e. The summed E-state index contributed by atoms with van der Waals surface area (Å²) in [6.07, 6.45) is 0. The molecule has 0 fully saturated rings. The van der Waals surface area contributed by atoms with Crippen LogP contribution in [-0.2, 0) is 4.74 Å². The number of carbonyl (C=O) groups excluding carboxylic acids is 1. The van der Waals surface area contributed by atoms with Crippen molar-refractivity contribution in [1.29, 1.82) is 0 Å². The van der Waals surface area contributed by atoms with Crippen molar-refractivity contribution in [2.45, 2.75) is 17.0 Å². The Kier molecular flexibility index (Phi) is 3.52. The lowest BCUT2D eigenvalue weighted by molar-refractivity contribution is 0.0600. The zero-order valence-corrected chi connectivity index (χ0v) is 10.7.